The maximum absolute atomic E-state index is 13.3. The highest BCUT2D eigenvalue weighted by Crippen LogP contribution is 2.09. The molecule has 0 aliphatic rings. The van der Waals surface area contributed by atoms with Crippen LogP contribution in [0.25, 0.3) is 0 Å². The minimum atomic E-state index is -0.859. The highest BCUT2D eigenvalue weighted by Gasteiger charge is 2.28. The largest absolute Gasteiger partial charge is 0.356 e. The van der Waals surface area contributed by atoms with E-state index < -0.39 is 18.0 Å². The maximum Gasteiger partial charge on any atom is 0.251 e. The molecule has 0 spiro atoms. The molecule has 0 aromatic heterocycles. The average Bonchev–Trinajstić information content (AvgIpc) is 2.90. The van der Waals surface area contributed by atoms with Crippen molar-refractivity contribution in [2.75, 3.05) is 13.1 Å². The Balaban J connectivity index is 2.81. The Kier molecular flexibility index (Phi) is 17.5. The molecule has 0 unspecified atom stereocenters. The van der Waals surface area contributed by atoms with E-state index in [1.807, 2.05) is 19.9 Å². The summed E-state index contributed by atoms with van der Waals surface area (Å²) in [6.45, 7) is 9.35. The van der Waals surface area contributed by atoms with Gasteiger partial charge in [0.25, 0.3) is 5.91 Å². The van der Waals surface area contributed by atoms with Crippen LogP contribution in [0.5, 0.6) is 0 Å². The van der Waals surface area contributed by atoms with Crippen LogP contribution in [0, 0.1) is 5.92 Å². The third kappa shape index (κ3) is 14.7. The van der Waals surface area contributed by atoms with Gasteiger partial charge < -0.3 is 21.3 Å². The summed E-state index contributed by atoms with van der Waals surface area (Å²) in [5.41, 5.74) is 0.464. The van der Waals surface area contributed by atoms with Crippen LogP contribution in [0.1, 0.15) is 109 Å². The van der Waals surface area contributed by atoms with Crippen molar-refractivity contribution in [1.82, 2.24) is 21.3 Å². The summed E-state index contributed by atoms with van der Waals surface area (Å²) in [6.07, 6.45) is 9.11. The van der Waals surface area contributed by atoms with Gasteiger partial charge in [0.05, 0.1) is 0 Å². The summed E-state index contributed by atoms with van der Waals surface area (Å²) in [4.78, 5) is 51.4. The first kappa shape index (κ1) is 33.1. The van der Waals surface area contributed by atoms with E-state index in [9.17, 15) is 19.2 Å². The molecule has 4 N–H and O–H groups in total. The van der Waals surface area contributed by atoms with Crippen molar-refractivity contribution in [3.8, 4) is 0 Å². The zero-order valence-electron chi connectivity index (χ0n) is 23.9. The number of benzene rings is 1. The number of carbonyl (C=O) groups is 4. The van der Waals surface area contributed by atoms with E-state index in [0.717, 1.165) is 51.4 Å². The molecule has 0 bridgehead atoms. The Morgan fingerprint density at radius 2 is 1.32 bits per heavy atom. The minimum absolute atomic E-state index is 0.132. The van der Waals surface area contributed by atoms with E-state index in [2.05, 4.69) is 35.1 Å². The van der Waals surface area contributed by atoms with Crippen LogP contribution in [0.3, 0.4) is 0 Å². The molecule has 8 nitrogen and oxygen atoms in total. The molecule has 1 rings (SSSR count). The monoisotopic (exact) mass is 530 g/mol. The Labute approximate surface area is 229 Å². The first-order valence-corrected chi connectivity index (χ1v) is 14.5. The van der Waals surface area contributed by atoms with Crippen molar-refractivity contribution >= 4 is 23.6 Å². The van der Waals surface area contributed by atoms with Crippen LogP contribution in [-0.4, -0.2) is 48.8 Å². The predicted octanol–water partition coefficient (Wildman–Crippen LogP) is 4.49. The summed E-state index contributed by atoms with van der Waals surface area (Å²) < 4.78 is 0. The fourth-order valence-electron chi connectivity index (χ4n) is 4.11. The quantitative estimate of drug-likeness (QED) is 0.186. The molecule has 214 valence electrons. The normalized spacial score (nSPS) is 12.4. The first-order valence-electron chi connectivity index (χ1n) is 14.5. The molecule has 2 atom stereocenters. The van der Waals surface area contributed by atoms with Gasteiger partial charge in [-0.05, 0) is 43.7 Å². The summed E-state index contributed by atoms with van der Waals surface area (Å²) in [5, 5.41) is 11.5. The Morgan fingerprint density at radius 3 is 1.89 bits per heavy atom. The second kappa shape index (κ2) is 20.1. The molecule has 0 fully saturated rings. The predicted molar refractivity (Wildman–Crippen MR) is 153 cm³/mol. The van der Waals surface area contributed by atoms with Crippen molar-refractivity contribution in [3.63, 3.8) is 0 Å². The van der Waals surface area contributed by atoms with Gasteiger partial charge in [-0.2, -0.15) is 0 Å². The van der Waals surface area contributed by atoms with E-state index >= 15 is 0 Å². The number of carbonyl (C=O) groups excluding carboxylic acids is 4. The second-order valence-electron chi connectivity index (χ2n) is 10.4. The van der Waals surface area contributed by atoms with Crippen molar-refractivity contribution in [1.29, 1.82) is 0 Å². The third-order valence-corrected chi connectivity index (χ3v) is 6.34. The van der Waals surface area contributed by atoms with Gasteiger partial charge in [-0.1, -0.05) is 84.4 Å². The van der Waals surface area contributed by atoms with E-state index in [1.165, 1.54) is 0 Å². The van der Waals surface area contributed by atoms with Crippen molar-refractivity contribution in [3.05, 3.63) is 35.9 Å². The average molecular weight is 531 g/mol. The fraction of sp³-hybridized carbons (Fsp3) is 0.667. The highest BCUT2D eigenvalue weighted by atomic mass is 16.2. The van der Waals surface area contributed by atoms with Gasteiger partial charge >= 0.3 is 0 Å². The van der Waals surface area contributed by atoms with Crippen LogP contribution in [0.15, 0.2) is 30.3 Å². The van der Waals surface area contributed by atoms with E-state index in [1.54, 1.807) is 24.3 Å². The third-order valence-electron chi connectivity index (χ3n) is 6.34. The molecule has 38 heavy (non-hydrogen) atoms. The minimum Gasteiger partial charge on any atom is -0.356 e. The van der Waals surface area contributed by atoms with E-state index in [0.29, 0.717) is 25.1 Å². The smallest absolute Gasteiger partial charge is 0.251 e. The summed E-state index contributed by atoms with van der Waals surface area (Å²) in [7, 11) is 0. The summed E-state index contributed by atoms with van der Waals surface area (Å²) in [6, 6.07) is 7.08. The topological polar surface area (TPSA) is 116 Å². The summed E-state index contributed by atoms with van der Waals surface area (Å²) in [5.74, 6) is -1.05. The number of hydrogen-bond acceptors (Lipinski definition) is 4. The van der Waals surface area contributed by atoms with Gasteiger partial charge in [0.1, 0.15) is 12.1 Å². The maximum atomic E-state index is 13.3. The molecule has 0 saturated carbocycles. The van der Waals surface area contributed by atoms with Gasteiger partial charge in [0, 0.05) is 25.1 Å². The van der Waals surface area contributed by atoms with Crippen LogP contribution in [-0.2, 0) is 14.4 Å². The SMILES string of the molecule is CCCCCCNC(=O)CC[C@@H](NC(=O)[C@@H](CC(C)C)NC(=O)c1ccccc1)C(=O)NCCCCCC. The molecule has 8 heteroatoms. The zero-order chi connectivity index (χ0) is 28.2. The molecular formula is C30H50N4O4. The van der Waals surface area contributed by atoms with Crippen molar-refractivity contribution in [2.24, 2.45) is 5.92 Å². The lowest BCUT2D eigenvalue weighted by molar-refractivity contribution is -0.130. The molecule has 1 aromatic rings. The number of unbranched alkanes of at least 4 members (excludes halogenated alkanes) is 6. The molecule has 0 heterocycles. The van der Waals surface area contributed by atoms with Gasteiger partial charge in [0.15, 0.2) is 0 Å². The molecule has 0 radical (unpaired) electrons. The molecule has 0 saturated heterocycles. The van der Waals surface area contributed by atoms with E-state index in [-0.39, 0.29) is 36.5 Å². The second-order valence-corrected chi connectivity index (χ2v) is 10.4. The van der Waals surface area contributed by atoms with Gasteiger partial charge in [-0.3, -0.25) is 19.2 Å². The van der Waals surface area contributed by atoms with Crippen LogP contribution in [0.2, 0.25) is 0 Å². The first-order chi connectivity index (χ1) is 18.3. The zero-order valence-corrected chi connectivity index (χ0v) is 23.9. The number of hydrogen-bond donors (Lipinski definition) is 4. The number of rotatable bonds is 20. The lowest BCUT2D eigenvalue weighted by atomic mass is 10.0. The molecule has 0 aliphatic heterocycles. The number of nitrogens with one attached hydrogen (secondary N) is 4. The number of amides is 4. The van der Waals surface area contributed by atoms with Gasteiger partial charge in [-0.15, -0.1) is 0 Å². The van der Waals surface area contributed by atoms with Gasteiger partial charge in [0.2, 0.25) is 17.7 Å². The van der Waals surface area contributed by atoms with Crippen molar-refractivity contribution < 1.29 is 19.2 Å². The van der Waals surface area contributed by atoms with Crippen LogP contribution < -0.4 is 21.3 Å². The lowest BCUT2D eigenvalue weighted by Gasteiger charge is -2.24. The molecular weight excluding hydrogens is 480 g/mol. The highest BCUT2D eigenvalue weighted by molar-refractivity contribution is 5.98. The van der Waals surface area contributed by atoms with E-state index in [4.69, 9.17) is 0 Å². The fourth-order valence-corrected chi connectivity index (χ4v) is 4.11. The van der Waals surface area contributed by atoms with Crippen molar-refractivity contribution in [2.45, 2.75) is 110 Å². The Morgan fingerprint density at radius 1 is 0.711 bits per heavy atom. The van der Waals surface area contributed by atoms with Gasteiger partial charge in [-0.25, -0.2) is 0 Å². The Hall–Kier alpha value is -2.90. The molecule has 4 amide bonds. The van der Waals surface area contributed by atoms with Crippen LogP contribution in [0.4, 0.5) is 0 Å². The standard InChI is InChI=1S/C30H50N4O4/c1-5-7-9-14-20-31-27(35)19-18-25(29(37)32-21-15-10-8-6-2)33-30(38)26(22-23(3)4)34-28(36)24-16-12-11-13-17-24/h11-13,16-17,23,25-26H,5-10,14-15,18-22H2,1-4H3,(H,31,35)(H,32,37)(H,33,38)(H,34,36)/t25-,26-/m1/s1. The molecule has 0 aliphatic carbocycles. The lowest BCUT2D eigenvalue weighted by Crippen LogP contribution is -2.54. The Bertz CT molecular complexity index is 829. The summed E-state index contributed by atoms with van der Waals surface area (Å²) >= 11 is 0. The van der Waals surface area contributed by atoms with Crippen LogP contribution >= 0.6 is 0 Å². The molecule has 1 aromatic carbocycles.